The summed E-state index contributed by atoms with van der Waals surface area (Å²) in [6, 6.07) is 9.62. The molecule has 0 unspecified atom stereocenters. The molecule has 2 heterocycles. The zero-order valence-corrected chi connectivity index (χ0v) is 16.5. The molecular formula is C16H18N4O3S3. The molecule has 0 aliphatic rings. The van der Waals surface area contributed by atoms with E-state index < -0.39 is 10.0 Å². The maximum absolute atomic E-state index is 12.7. The van der Waals surface area contributed by atoms with Crippen molar-refractivity contribution in [2.75, 3.05) is 24.4 Å². The first kappa shape index (κ1) is 18.9. The van der Waals surface area contributed by atoms with Crippen LogP contribution in [-0.2, 0) is 10.0 Å². The van der Waals surface area contributed by atoms with E-state index in [4.69, 9.17) is 5.84 Å². The van der Waals surface area contributed by atoms with Gasteiger partial charge in [-0.3, -0.25) is 4.79 Å². The summed E-state index contributed by atoms with van der Waals surface area (Å²) in [4.78, 5) is 17.8. The van der Waals surface area contributed by atoms with Gasteiger partial charge in [0.05, 0.1) is 11.1 Å². The molecule has 138 valence electrons. The van der Waals surface area contributed by atoms with Crippen molar-refractivity contribution in [3.05, 3.63) is 46.1 Å². The molecular weight excluding hydrogens is 392 g/mol. The number of sulfonamides is 1. The molecule has 0 radical (unpaired) electrons. The average molecular weight is 411 g/mol. The fraction of sp³-hybridized carbons (Fsp3) is 0.250. The molecule has 0 saturated carbocycles. The normalized spacial score (nSPS) is 11.9. The Morgan fingerprint density at radius 2 is 2.04 bits per heavy atom. The monoisotopic (exact) mass is 410 g/mol. The Bertz CT molecular complexity index is 1080. The molecule has 7 nitrogen and oxygen atoms in total. The van der Waals surface area contributed by atoms with Gasteiger partial charge in [-0.25, -0.2) is 22.8 Å². The van der Waals surface area contributed by atoms with Gasteiger partial charge >= 0.3 is 0 Å². The molecule has 2 aromatic heterocycles. The second kappa shape index (κ2) is 7.78. The van der Waals surface area contributed by atoms with Crippen LogP contribution in [0.4, 0.5) is 0 Å². The van der Waals surface area contributed by atoms with Gasteiger partial charge in [-0.15, -0.1) is 11.3 Å². The molecule has 0 saturated heterocycles. The molecule has 0 aliphatic carbocycles. The zero-order chi connectivity index (χ0) is 18.7. The Morgan fingerprint density at radius 3 is 2.73 bits per heavy atom. The summed E-state index contributed by atoms with van der Waals surface area (Å²) >= 11 is 2.67. The van der Waals surface area contributed by atoms with Gasteiger partial charge in [0, 0.05) is 16.7 Å². The highest BCUT2D eigenvalue weighted by molar-refractivity contribution is 7.99. The highest BCUT2D eigenvalue weighted by Crippen LogP contribution is 2.31. The second-order valence-corrected chi connectivity index (χ2v) is 9.46. The molecule has 26 heavy (non-hydrogen) atoms. The van der Waals surface area contributed by atoms with E-state index in [9.17, 15) is 13.2 Å². The Balaban J connectivity index is 1.86. The first-order valence-corrected chi connectivity index (χ1v) is 11.3. The second-order valence-electron chi connectivity index (χ2n) is 5.49. The van der Waals surface area contributed by atoms with Gasteiger partial charge in [-0.1, -0.05) is 42.1 Å². The smallest absolute Gasteiger partial charge is 0.282 e. The first-order valence-electron chi connectivity index (χ1n) is 7.81. The third-order valence-electron chi connectivity index (χ3n) is 3.79. The number of nitrogens with one attached hydrogen (secondary N) is 1. The zero-order valence-electron chi connectivity index (χ0n) is 14.0. The van der Waals surface area contributed by atoms with Crippen LogP contribution in [0.25, 0.3) is 21.3 Å². The maximum Gasteiger partial charge on any atom is 0.282 e. The van der Waals surface area contributed by atoms with Gasteiger partial charge in [0.2, 0.25) is 10.0 Å². The number of thiophene rings is 1. The lowest BCUT2D eigenvalue weighted by Gasteiger charge is -2.07. The number of nitrogens with two attached hydrogens (primary N) is 1. The number of hydrogen-bond acceptors (Lipinski definition) is 7. The Hall–Kier alpha value is -1.88. The van der Waals surface area contributed by atoms with E-state index in [0.717, 1.165) is 15.8 Å². The molecule has 3 rings (SSSR count). The average Bonchev–Trinajstić information content (AvgIpc) is 3.07. The predicted octanol–water partition coefficient (Wildman–Crippen LogP) is 1.87. The highest BCUT2D eigenvalue weighted by Gasteiger charge is 2.16. The van der Waals surface area contributed by atoms with E-state index in [1.54, 1.807) is 0 Å². The van der Waals surface area contributed by atoms with Crippen LogP contribution < -0.4 is 16.1 Å². The summed E-state index contributed by atoms with van der Waals surface area (Å²) in [5.41, 5.74) is 1.45. The molecule has 3 N–H and O–H groups in total. The van der Waals surface area contributed by atoms with Crippen LogP contribution in [0.5, 0.6) is 0 Å². The summed E-state index contributed by atoms with van der Waals surface area (Å²) in [6.45, 7) is 0. The minimum Gasteiger partial charge on any atom is -0.334 e. The number of thioether (sulfide) groups is 1. The lowest BCUT2D eigenvalue weighted by atomic mass is 10.1. The van der Waals surface area contributed by atoms with Gasteiger partial charge in [0.25, 0.3) is 5.56 Å². The predicted molar refractivity (Wildman–Crippen MR) is 108 cm³/mol. The molecule has 0 amide bonds. The number of hydrogen-bond donors (Lipinski definition) is 2. The van der Waals surface area contributed by atoms with Crippen LogP contribution in [0, 0.1) is 0 Å². The van der Waals surface area contributed by atoms with Crippen LogP contribution >= 0.6 is 23.1 Å². The maximum atomic E-state index is 12.7. The topological polar surface area (TPSA) is 107 Å². The molecule has 10 heteroatoms. The summed E-state index contributed by atoms with van der Waals surface area (Å²) in [5, 5.41) is 2.79. The standard InChI is InChI=1S/C16H18N4O3S3/c1-18-26(22,23)9-5-8-24-16-19-14-13(15(21)20(16)17)12(10-25-14)11-6-3-2-4-7-11/h2-4,6-7,10,18H,5,8-9,17H2,1H3. The number of benzene rings is 1. The van der Waals surface area contributed by atoms with Crippen molar-refractivity contribution >= 4 is 43.3 Å². The lowest BCUT2D eigenvalue weighted by Crippen LogP contribution is -2.29. The summed E-state index contributed by atoms with van der Waals surface area (Å²) in [5.74, 6) is 6.46. The fourth-order valence-corrected chi connectivity index (χ4v) is 5.19. The van der Waals surface area contributed by atoms with Crippen molar-refractivity contribution in [1.29, 1.82) is 0 Å². The van der Waals surface area contributed by atoms with Crippen molar-refractivity contribution in [3.63, 3.8) is 0 Å². The summed E-state index contributed by atoms with van der Waals surface area (Å²) in [7, 11) is -1.85. The van der Waals surface area contributed by atoms with Crippen molar-refractivity contribution in [2.45, 2.75) is 11.6 Å². The van der Waals surface area contributed by atoms with Crippen molar-refractivity contribution in [1.82, 2.24) is 14.4 Å². The Labute approximate surface area is 159 Å². The SMILES string of the molecule is CNS(=O)(=O)CCCSc1nc2scc(-c3ccccc3)c2c(=O)n1N. The number of fused-ring (bicyclic) bond motifs is 1. The van der Waals surface area contributed by atoms with E-state index >= 15 is 0 Å². The van der Waals surface area contributed by atoms with Crippen molar-refractivity contribution in [2.24, 2.45) is 0 Å². The van der Waals surface area contributed by atoms with Crippen molar-refractivity contribution < 1.29 is 8.42 Å². The van der Waals surface area contributed by atoms with E-state index in [2.05, 4.69) is 9.71 Å². The number of rotatable bonds is 7. The van der Waals surface area contributed by atoms with Gasteiger partial charge in [-0.2, -0.15) is 0 Å². The van der Waals surface area contributed by atoms with Crippen LogP contribution in [0.2, 0.25) is 0 Å². The number of nitrogens with zero attached hydrogens (tertiary/aromatic N) is 2. The van der Waals surface area contributed by atoms with Crippen LogP contribution in [0.1, 0.15) is 6.42 Å². The number of aromatic nitrogens is 2. The third kappa shape index (κ3) is 3.93. The van der Waals surface area contributed by atoms with Crippen LogP contribution in [0.15, 0.2) is 45.7 Å². The minimum atomic E-state index is -3.24. The van der Waals surface area contributed by atoms with Gasteiger partial charge in [-0.05, 0) is 19.0 Å². The molecule has 3 aromatic rings. The molecule has 0 bridgehead atoms. The fourth-order valence-electron chi connectivity index (χ4n) is 2.43. The molecule has 0 fully saturated rings. The molecule has 0 aliphatic heterocycles. The van der Waals surface area contributed by atoms with E-state index in [1.807, 2.05) is 35.7 Å². The lowest BCUT2D eigenvalue weighted by molar-refractivity contribution is 0.587. The van der Waals surface area contributed by atoms with Gasteiger partial charge in [0.15, 0.2) is 5.16 Å². The van der Waals surface area contributed by atoms with E-state index in [0.29, 0.717) is 27.5 Å². The van der Waals surface area contributed by atoms with Gasteiger partial charge < -0.3 is 5.84 Å². The molecule has 0 spiro atoms. The molecule has 0 atom stereocenters. The van der Waals surface area contributed by atoms with Crippen molar-refractivity contribution in [3.8, 4) is 11.1 Å². The van der Waals surface area contributed by atoms with E-state index in [1.165, 1.54) is 30.1 Å². The largest absolute Gasteiger partial charge is 0.334 e. The quantitative estimate of drug-likeness (QED) is 0.266. The minimum absolute atomic E-state index is 0.0186. The molecule has 1 aromatic carbocycles. The van der Waals surface area contributed by atoms with Crippen LogP contribution in [0.3, 0.4) is 0 Å². The van der Waals surface area contributed by atoms with Gasteiger partial charge in [0.1, 0.15) is 4.83 Å². The summed E-state index contributed by atoms with van der Waals surface area (Å²) < 4.78 is 26.2. The first-order chi connectivity index (χ1) is 12.4. The summed E-state index contributed by atoms with van der Waals surface area (Å²) in [6.07, 6.45) is 0.432. The highest BCUT2D eigenvalue weighted by atomic mass is 32.2. The van der Waals surface area contributed by atoms with E-state index in [-0.39, 0.29) is 11.3 Å². The Kier molecular flexibility index (Phi) is 5.66. The third-order valence-corrected chi connectivity index (χ3v) is 7.15. The Morgan fingerprint density at radius 1 is 1.31 bits per heavy atom. The number of nitrogen functional groups attached to an aromatic ring is 1. The van der Waals surface area contributed by atoms with Crippen LogP contribution in [-0.4, -0.2) is 36.6 Å².